The van der Waals surface area contributed by atoms with Crippen molar-refractivity contribution in [2.75, 3.05) is 19.8 Å². The van der Waals surface area contributed by atoms with Gasteiger partial charge >= 0.3 is 0 Å². The molecule has 0 heterocycles. The van der Waals surface area contributed by atoms with Crippen LogP contribution in [0, 0.1) is 18.3 Å². The van der Waals surface area contributed by atoms with Crippen LogP contribution in [0.1, 0.15) is 39.2 Å². The van der Waals surface area contributed by atoms with Gasteiger partial charge in [0, 0.05) is 18.5 Å². The summed E-state index contributed by atoms with van der Waals surface area (Å²) in [6, 6.07) is 6.03. The van der Waals surface area contributed by atoms with Gasteiger partial charge in [-0.2, -0.15) is 0 Å². The van der Waals surface area contributed by atoms with Gasteiger partial charge in [0.05, 0.1) is 13.2 Å². The summed E-state index contributed by atoms with van der Waals surface area (Å²) in [7, 11) is 0. The number of benzene rings is 1. The average Bonchev–Trinajstić information content (AvgIpc) is 2.45. The van der Waals surface area contributed by atoms with Gasteiger partial charge in [-0.3, -0.25) is 0 Å². The predicted octanol–water partition coefficient (Wildman–Crippen LogP) is 3.62. The van der Waals surface area contributed by atoms with Gasteiger partial charge in [0.1, 0.15) is 0 Å². The van der Waals surface area contributed by atoms with Crippen molar-refractivity contribution in [3.8, 4) is 23.8 Å². The Hall–Kier alpha value is -1.66. The summed E-state index contributed by atoms with van der Waals surface area (Å²) in [6.45, 7) is 9.38. The van der Waals surface area contributed by atoms with Crippen molar-refractivity contribution in [2.24, 2.45) is 5.92 Å². The van der Waals surface area contributed by atoms with E-state index in [1.165, 1.54) is 0 Å². The highest BCUT2D eigenvalue weighted by Crippen LogP contribution is 2.31. The van der Waals surface area contributed by atoms with E-state index in [0.29, 0.717) is 19.1 Å². The number of rotatable bonds is 10. The number of terminal acetylenes is 1. The molecule has 0 unspecified atom stereocenters. The van der Waals surface area contributed by atoms with Crippen molar-refractivity contribution in [2.45, 2.75) is 40.2 Å². The van der Waals surface area contributed by atoms with Crippen LogP contribution in [0.15, 0.2) is 18.2 Å². The van der Waals surface area contributed by atoms with Crippen molar-refractivity contribution in [1.82, 2.24) is 5.32 Å². The largest absolute Gasteiger partial charge is 0.490 e. The van der Waals surface area contributed by atoms with E-state index in [1.807, 2.05) is 19.1 Å². The lowest BCUT2D eigenvalue weighted by molar-refractivity contribution is 0.271. The van der Waals surface area contributed by atoms with Gasteiger partial charge in [-0.05, 0) is 31.9 Å². The number of hydrogen-bond acceptors (Lipinski definition) is 3. The molecule has 0 saturated heterocycles. The lowest BCUT2D eigenvalue weighted by Crippen LogP contribution is -2.19. The first-order valence-corrected chi connectivity index (χ1v) is 7.70. The summed E-state index contributed by atoms with van der Waals surface area (Å²) in [5.74, 6) is 4.90. The van der Waals surface area contributed by atoms with E-state index in [9.17, 15) is 0 Å². The molecule has 21 heavy (non-hydrogen) atoms. The smallest absolute Gasteiger partial charge is 0.165 e. The number of hydrogen-bond donors (Lipinski definition) is 1. The van der Waals surface area contributed by atoms with E-state index < -0.39 is 0 Å². The highest BCUT2D eigenvalue weighted by Gasteiger charge is 2.11. The predicted molar refractivity (Wildman–Crippen MR) is 87.7 cm³/mol. The molecule has 0 amide bonds. The van der Waals surface area contributed by atoms with E-state index >= 15 is 0 Å². The molecule has 1 aromatic carbocycles. The first kappa shape index (κ1) is 17.4. The maximum Gasteiger partial charge on any atom is 0.165 e. The Morgan fingerprint density at radius 3 is 2.76 bits per heavy atom. The van der Waals surface area contributed by atoms with Crippen molar-refractivity contribution in [1.29, 1.82) is 0 Å². The van der Waals surface area contributed by atoms with Crippen molar-refractivity contribution in [3.63, 3.8) is 0 Å². The van der Waals surface area contributed by atoms with E-state index in [0.717, 1.165) is 43.0 Å². The number of unbranched alkanes of at least 4 members (excludes halogenated alkanes) is 1. The molecular weight excluding hydrogens is 262 g/mol. The molecule has 0 fully saturated rings. The molecule has 3 nitrogen and oxygen atoms in total. The Bertz CT molecular complexity index is 449. The second-order valence-corrected chi connectivity index (χ2v) is 5.36. The van der Waals surface area contributed by atoms with E-state index in [4.69, 9.17) is 15.9 Å². The fraction of sp³-hybridized carbons (Fsp3) is 0.556. The minimum Gasteiger partial charge on any atom is -0.490 e. The van der Waals surface area contributed by atoms with Gasteiger partial charge in [0.2, 0.25) is 0 Å². The summed E-state index contributed by atoms with van der Waals surface area (Å²) < 4.78 is 11.6. The summed E-state index contributed by atoms with van der Waals surface area (Å²) in [4.78, 5) is 0. The van der Waals surface area contributed by atoms with Crippen LogP contribution in [-0.2, 0) is 6.54 Å². The molecule has 0 spiro atoms. The van der Waals surface area contributed by atoms with E-state index in [-0.39, 0.29) is 0 Å². The third-order valence-corrected chi connectivity index (χ3v) is 2.94. The van der Waals surface area contributed by atoms with E-state index in [1.54, 1.807) is 0 Å². The first-order chi connectivity index (χ1) is 10.2. The van der Waals surface area contributed by atoms with Crippen LogP contribution in [-0.4, -0.2) is 19.8 Å². The molecule has 1 N–H and O–H groups in total. The van der Waals surface area contributed by atoms with Gasteiger partial charge in [0.25, 0.3) is 0 Å². The minimum atomic E-state index is 0.617. The summed E-state index contributed by atoms with van der Waals surface area (Å²) in [5, 5.41) is 3.44. The average molecular weight is 289 g/mol. The van der Waals surface area contributed by atoms with Crippen molar-refractivity contribution >= 4 is 0 Å². The Balaban J connectivity index is 2.74. The number of nitrogens with one attached hydrogen (secondary N) is 1. The monoisotopic (exact) mass is 289 g/mol. The zero-order valence-corrected chi connectivity index (χ0v) is 13.4. The fourth-order valence-corrected chi connectivity index (χ4v) is 1.98. The lowest BCUT2D eigenvalue weighted by Gasteiger charge is -2.16. The molecule has 3 heteroatoms. The molecule has 0 aliphatic carbocycles. The molecule has 0 radical (unpaired) electrons. The van der Waals surface area contributed by atoms with Crippen LogP contribution in [0.25, 0.3) is 0 Å². The molecule has 1 aromatic rings. The van der Waals surface area contributed by atoms with Gasteiger partial charge in [-0.1, -0.05) is 26.0 Å². The van der Waals surface area contributed by atoms with E-state index in [2.05, 4.69) is 31.2 Å². The summed E-state index contributed by atoms with van der Waals surface area (Å²) >= 11 is 0. The van der Waals surface area contributed by atoms with Crippen LogP contribution in [0.3, 0.4) is 0 Å². The second kappa shape index (κ2) is 10.1. The zero-order valence-electron chi connectivity index (χ0n) is 13.4. The SMILES string of the molecule is C#CCCCOc1c(CNCC(C)C)cccc1OCC. The molecule has 0 saturated carbocycles. The maximum atomic E-state index is 5.92. The molecular formula is C18H27NO2. The van der Waals surface area contributed by atoms with Crippen LogP contribution >= 0.6 is 0 Å². The van der Waals surface area contributed by atoms with Crippen molar-refractivity contribution < 1.29 is 9.47 Å². The molecule has 0 aliphatic rings. The second-order valence-electron chi connectivity index (χ2n) is 5.36. The third-order valence-electron chi connectivity index (χ3n) is 2.94. The Morgan fingerprint density at radius 1 is 1.29 bits per heavy atom. The molecule has 1 rings (SSSR count). The van der Waals surface area contributed by atoms with Crippen LogP contribution in [0.5, 0.6) is 11.5 Å². The fourth-order valence-electron chi connectivity index (χ4n) is 1.98. The number of ether oxygens (including phenoxy) is 2. The highest BCUT2D eigenvalue weighted by molar-refractivity contribution is 5.46. The van der Waals surface area contributed by atoms with Crippen LogP contribution < -0.4 is 14.8 Å². The lowest BCUT2D eigenvalue weighted by atomic mass is 10.1. The van der Waals surface area contributed by atoms with Gasteiger partial charge in [-0.15, -0.1) is 12.3 Å². The van der Waals surface area contributed by atoms with Gasteiger partial charge < -0.3 is 14.8 Å². The van der Waals surface area contributed by atoms with Crippen LogP contribution in [0.4, 0.5) is 0 Å². The minimum absolute atomic E-state index is 0.617. The third kappa shape index (κ3) is 6.55. The molecule has 0 aromatic heterocycles. The Kier molecular flexibility index (Phi) is 8.38. The molecule has 116 valence electrons. The normalized spacial score (nSPS) is 10.4. The summed E-state index contributed by atoms with van der Waals surface area (Å²) in [5.41, 5.74) is 1.13. The topological polar surface area (TPSA) is 30.5 Å². The number of para-hydroxylation sites is 1. The van der Waals surface area contributed by atoms with Gasteiger partial charge in [-0.25, -0.2) is 0 Å². The van der Waals surface area contributed by atoms with Crippen molar-refractivity contribution in [3.05, 3.63) is 23.8 Å². The maximum absolute atomic E-state index is 5.92. The quantitative estimate of drug-likeness (QED) is 0.527. The first-order valence-electron chi connectivity index (χ1n) is 7.70. The molecule has 0 aliphatic heterocycles. The Morgan fingerprint density at radius 2 is 2.10 bits per heavy atom. The molecule has 0 atom stereocenters. The summed E-state index contributed by atoms with van der Waals surface area (Å²) in [6.07, 6.45) is 6.86. The Labute approximate surface area is 129 Å². The van der Waals surface area contributed by atoms with Gasteiger partial charge in [0.15, 0.2) is 11.5 Å². The highest BCUT2D eigenvalue weighted by atomic mass is 16.5. The standard InChI is InChI=1S/C18H27NO2/c1-5-7-8-12-21-18-16(14-19-13-15(3)4)10-9-11-17(18)20-6-2/h1,9-11,15,19H,6-8,12-14H2,2-4H3. The van der Waals surface area contributed by atoms with Crippen LogP contribution in [0.2, 0.25) is 0 Å². The zero-order chi connectivity index (χ0) is 15.5. The molecule has 0 bridgehead atoms.